The van der Waals surface area contributed by atoms with Gasteiger partial charge in [-0.25, -0.2) is 9.48 Å². The molecule has 2 amide bonds. The number of hydrogen-bond donors (Lipinski definition) is 1. The van der Waals surface area contributed by atoms with E-state index in [9.17, 15) is 14.4 Å². The predicted molar refractivity (Wildman–Crippen MR) is 123 cm³/mol. The van der Waals surface area contributed by atoms with Gasteiger partial charge in [0, 0.05) is 12.6 Å². The highest BCUT2D eigenvalue weighted by Crippen LogP contribution is 2.40. The van der Waals surface area contributed by atoms with Crippen LogP contribution >= 0.6 is 35.0 Å². The number of azo groups is 1. The lowest BCUT2D eigenvalue weighted by Gasteiger charge is -2.11. The second-order valence-electron chi connectivity index (χ2n) is 6.82. The molecule has 1 heterocycles. The third kappa shape index (κ3) is 7.02. The van der Waals surface area contributed by atoms with E-state index in [1.165, 1.54) is 28.6 Å². The van der Waals surface area contributed by atoms with E-state index in [0.29, 0.717) is 15.5 Å². The number of amides is 2. The van der Waals surface area contributed by atoms with Crippen LogP contribution in [0.1, 0.15) is 32.3 Å². The summed E-state index contributed by atoms with van der Waals surface area (Å²) in [5.74, 6) is -0.973. The lowest BCUT2D eigenvalue weighted by atomic mass is 10.1. The summed E-state index contributed by atoms with van der Waals surface area (Å²) in [4.78, 5) is 36.0. The first-order chi connectivity index (χ1) is 15.6. The SMILES string of the molecule is CCOC(=O)NC(=O)C(C#N)N=Nc1cc(Cl)c(Sc2cc(C(C)C)c(=O)n(C)n2)c(Cl)c1. The third-order valence-corrected chi connectivity index (χ3v) is 5.91. The van der Waals surface area contributed by atoms with E-state index in [0.717, 1.165) is 0 Å². The Balaban J connectivity index is 2.25. The number of nitriles is 1. The van der Waals surface area contributed by atoms with Crippen molar-refractivity contribution in [2.45, 2.75) is 42.7 Å². The van der Waals surface area contributed by atoms with Crippen LogP contribution in [0.15, 0.2) is 43.1 Å². The molecule has 2 aromatic rings. The Labute approximate surface area is 203 Å². The van der Waals surface area contributed by atoms with Crippen molar-refractivity contribution in [3.63, 3.8) is 0 Å². The second kappa shape index (κ2) is 11.8. The van der Waals surface area contributed by atoms with E-state index < -0.39 is 18.0 Å². The van der Waals surface area contributed by atoms with Crippen LogP contribution in [-0.2, 0) is 16.6 Å². The van der Waals surface area contributed by atoms with Gasteiger partial charge in [0.05, 0.1) is 27.2 Å². The molecule has 1 atom stereocenters. The highest BCUT2D eigenvalue weighted by molar-refractivity contribution is 7.99. The van der Waals surface area contributed by atoms with Crippen molar-refractivity contribution in [1.29, 1.82) is 5.26 Å². The number of benzene rings is 1. The van der Waals surface area contributed by atoms with Crippen LogP contribution in [0.25, 0.3) is 0 Å². The molecule has 0 bridgehead atoms. The quantitative estimate of drug-likeness (QED) is 0.536. The lowest BCUT2D eigenvalue weighted by molar-refractivity contribution is -0.120. The van der Waals surface area contributed by atoms with Crippen molar-refractivity contribution in [1.82, 2.24) is 15.1 Å². The minimum Gasteiger partial charge on any atom is -0.450 e. The number of aromatic nitrogens is 2. The number of imide groups is 1. The molecule has 2 rings (SSSR count). The Morgan fingerprint density at radius 3 is 2.48 bits per heavy atom. The molecule has 10 nitrogen and oxygen atoms in total. The first kappa shape index (κ1) is 26.3. The van der Waals surface area contributed by atoms with Gasteiger partial charge in [0.2, 0.25) is 6.04 Å². The van der Waals surface area contributed by atoms with E-state index >= 15 is 0 Å². The molecule has 33 heavy (non-hydrogen) atoms. The summed E-state index contributed by atoms with van der Waals surface area (Å²) in [6, 6.07) is 4.64. The zero-order chi connectivity index (χ0) is 24.7. The van der Waals surface area contributed by atoms with E-state index in [1.807, 2.05) is 19.2 Å². The molecular weight excluding hydrogens is 491 g/mol. The van der Waals surface area contributed by atoms with Crippen molar-refractivity contribution < 1.29 is 14.3 Å². The monoisotopic (exact) mass is 510 g/mol. The van der Waals surface area contributed by atoms with Crippen molar-refractivity contribution in [3.8, 4) is 6.07 Å². The van der Waals surface area contributed by atoms with Crippen LogP contribution in [0.5, 0.6) is 0 Å². The number of nitrogens with one attached hydrogen (secondary N) is 1. The van der Waals surface area contributed by atoms with Gasteiger partial charge in [-0.15, -0.1) is 0 Å². The largest absolute Gasteiger partial charge is 0.450 e. The first-order valence-electron chi connectivity index (χ1n) is 9.60. The lowest BCUT2D eigenvalue weighted by Crippen LogP contribution is -2.37. The zero-order valence-electron chi connectivity index (χ0n) is 18.1. The number of nitrogens with zero attached hydrogens (tertiary/aromatic N) is 5. The van der Waals surface area contributed by atoms with Gasteiger partial charge in [0.25, 0.3) is 11.5 Å². The van der Waals surface area contributed by atoms with Gasteiger partial charge in [-0.05, 0) is 31.0 Å². The van der Waals surface area contributed by atoms with Crippen molar-refractivity contribution in [2.24, 2.45) is 17.3 Å². The van der Waals surface area contributed by atoms with Crippen LogP contribution in [0.3, 0.4) is 0 Å². The molecule has 0 spiro atoms. The summed E-state index contributed by atoms with van der Waals surface area (Å²) < 4.78 is 5.84. The first-order valence-corrected chi connectivity index (χ1v) is 11.2. The second-order valence-corrected chi connectivity index (χ2v) is 8.66. The van der Waals surface area contributed by atoms with Crippen LogP contribution in [0.4, 0.5) is 10.5 Å². The Morgan fingerprint density at radius 2 is 1.94 bits per heavy atom. The maximum Gasteiger partial charge on any atom is 0.413 e. The van der Waals surface area contributed by atoms with E-state index in [2.05, 4.69) is 20.1 Å². The number of alkyl carbamates (subject to hydrolysis) is 1. The van der Waals surface area contributed by atoms with Gasteiger partial charge in [-0.1, -0.05) is 48.8 Å². The smallest absolute Gasteiger partial charge is 0.413 e. The molecule has 0 saturated heterocycles. The number of carbonyl (C=O) groups is 2. The van der Waals surface area contributed by atoms with Gasteiger partial charge >= 0.3 is 6.09 Å². The number of rotatable bonds is 7. The summed E-state index contributed by atoms with van der Waals surface area (Å²) in [5.41, 5.74) is 0.618. The molecule has 0 aliphatic heterocycles. The molecule has 0 aliphatic carbocycles. The van der Waals surface area contributed by atoms with Crippen LogP contribution < -0.4 is 10.9 Å². The number of halogens is 2. The Kier molecular flexibility index (Phi) is 9.40. The highest BCUT2D eigenvalue weighted by atomic mass is 35.5. The maximum atomic E-state index is 12.2. The van der Waals surface area contributed by atoms with Gasteiger partial charge in [-0.3, -0.25) is 14.9 Å². The van der Waals surface area contributed by atoms with Crippen molar-refractivity contribution in [3.05, 3.63) is 44.2 Å². The molecule has 13 heteroatoms. The van der Waals surface area contributed by atoms with Gasteiger partial charge in [0.1, 0.15) is 11.1 Å². The number of aryl methyl sites for hydroxylation is 1. The van der Waals surface area contributed by atoms with E-state index in [1.54, 1.807) is 26.1 Å². The average Bonchev–Trinajstić information content (AvgIpc) is 2.73. The summed E-state index contributed by atoms with van der Waals surface area (Å²) >= 11 is 13.9. The topological polar surface area (TPSA) is 139 Å². The standard InChI is InChI=1S/C20H20Cl2N6O4S/c1-5-32-20(31)24-18(29)15(9-23)26-25-11-6-13(21)17(14(22)7-11)33-16-8-12(10(2)3)19(30)28(4)27-16/h6-8,10,15H,5H2,1-4H3,(H,24,29,31). The predicted octanol–water partition coefficient (Wildman–Crippen LogP) is 4.61. The number of hydrogen-bond acceptors (Lipinski definition) is 9. The summed E-state index contributed by atoms with van der Waals surface area (Å²) in [7, 11) is 1.56. The van der Waals surface area contributed by atoms with Crippen LogP contribution in [0, 0.1) is 11.3 Å². The third-order valence-electron chi connectivity index (χ3n) is 4.04. The molecular formula is C20H20Cl2N6O4S. The van der Waals surface area contributed by atoms with E-state index in [-0.39, 0.29) is 33.8 Å². The molecule has 0 aliphatic rings. The van der Waals surface area contributed by atoms with Crippen molar-refractivity contribution in [2.75, 3.05) is 6.61 Å². The van der Waals surface area contributed by atoms with E-state index in [4.69, 9.17) is 28.5 Å². The van der Waals surface area contributed by atoms with Crippen LogP contribution in [0.2, 0.25) is 10.0 Å². The Bertz CT molecular complexity index is 1170. The summed E-state index contributed by atoms with van der Waals surface area (Å²) in [6.45, 7) is 5.45. The van der Waals surface area contributed by atoms with Crippen molar-refractivity contribution >= 4 is 52.7 Å². The Morgan fingerprint density at radius 1 is 1.30 bits per heavy atom. The minimum atomic E-state index is -1.58. The van der Waals surface area contributed by atoms with Gasteiger partial charge in [0.15, 0.2) is 0 Å². The Hall–Kier alpha value is -2.94. The molecule has 1 aromatic carbocycles. The fraction of sp³-hybridized carbons (Fsp3) is 0.350. The highest BCUT2D eigenvalue weighted by Gasteiger charge is 2.20. The van der Waals surface area contributed by atoms with Gasteiger partial charge < -0.3 is 4.74 Å². The minimum absolute atomic E-state index is 0.00823. The number of ether oxygens (including phenoxy) is 1. The fourth-order valence-electron chi connectivity index (χ4n) is 2.47. The summed E-state index contributed by atoms with van der Waals surface area (Å²) in [6.07, 6.45) is -0.988. The van der Waals surface area contributed by atoms with Gasteiger partial charge in [-0.2, -0.15) is 20.6 Å². The molecule has 174 valence electrons. The molecule has 0 radical (unpaired) electrons. The average molecular weight is 511 g/mol. The molecule has 0 fully saturated rings. The normalized spacial score (nSPS) is 11.9. The maximum absolute atomic E-state index is 12.2. The fourth-order valence-corrected chi connectivity index (χ4v) is 4.05. The molecule has 1 unspecified atom stereocenters. The molecule has 1 aromatic heterocycles. The number of carbonyl (C=O) groups excluding carboxylic acids is 2. The molecule has 0 saturated carbocycles. The zero-order valence-corrected chi connectivity index (χ0v) is 20.5. The van der Waals surface area contributed by atoms with Crippen LogP contribution in [-0.4, -0.2) is 34.4 Å². The summed E-state index contributed by atoms with van der Waals surface area (Å²) in [5, 5.41) is 23.7. The molecule has 1 N–H and O–H groups in total.